The molecule has 0 unspecified atom stereocenters. The molecule has 1 amide bonds. The Morgan fingerprint density at radius 3 is 2.46 bits per heavy atom. The number of nitrogens with one attached hydrogen (secondary N) is 2. The monoisotopic (exact) mass is 181 g/mol. The van der Waals surface area contributed by atoms with Crippen molar-refractivity contribution >= 4 is 11.6 Å². The fraction of sp³-hybridized carbons (Fsp3) is 0.556. The molecule has 1 aromatic rings. The Balaban J connectivity index is 2.79. The van der Waals surface area contributed by atoms with Gasteiger partial charge in [-0.1, -0.05) is 13.8 Å². The first-order chi connectivity index (χ1) is 6.02. The van der Waals surface area contributed by atoms with Gasteiger partial charge in [0.2, 0.25) is 5.91 Å². The number of carbonyl (C=O) groups excluding carboxylic acids is 1. The number of anilines is 1. The summed E-state index contributed by atoms with van der Waals surface area (Å²) >= 11 is 0. The number of hydrogen-bond acceptors (Lipinski definition) is 2. The molecule has 72 valence electrons. The Hall–Kier alpha value is -1.32. The van der Waals surface area contributed by atoms with Crippen LogP contribution in [0, 0.1) is 19.8 Å². The van der Waals surface area contributed by atoms with Gasteiger partial charge in [-0.05, 0) is 13.8 Å². The average Bonchev–Trinajstić information content (AvgIpc) is 2.35. The van der Waals surface area contributed by atoms with Crippen LogP contribution in [0.3, 0.4) is 0 Å². The molecule has 0 radical (unpaired) electrons. The van der Waals surface area contributed by atoms with Gasteiger partial charge in [0.15, 0.2) is 0 Å². The molecule has 0 fully saturated rings. The van der Waals surface area contributed by atoms with Gasteiger partial charge in [0.1, 0.15) is 0 Å². The minimum absolute atomic E-state index is 0.00583. The van der Waals surface area contributed by atoms with E-state index in [9.17, 15) is 4.79 Å². The summed E-state index contributed by atoms with van der Waals surface area (Å²) in [5.41, 5.74) is 2.52. The van der Waals surface area contributed by atoms with Crippen LogP contribution in [0.5, 0.6) is 0 Å². The number of rotatable bonds is 2. The molecule has 0 aliphatic heterocycles. The Morgan fingerprint density at radius 2 is 2.08 bits per heavy atom. The van der Waals surface area contributed by atoms with Gasteiger partial charge in [0.05, 0.1) is 17.1 Å². The van der Waals surface area contributed by atoms with E-state index in [2.05, 4.69) is 15.5 Å². The minimum Gasteiger partial charge on any atom is -0.323 e. The van der Waals surface area contributed by atoms with E-state index >= 15 is 0 Å². The maximum atomic E-state index is 11.4. The molecule has 0 atom stereocenters. The largest absolute Gasteiger partial charge is 0.323 e. The lowest BCUT2D eigenvalue weighted by Gasteiger charge is -2.06. The Kier molecular flexibility index (Phi) is 2.70. The van der Waals surface area contributed by atoms with Crippen LogP contribution < -0.4 is 5.32 Å². The third-order valence-electron chi connectivity index (χ3n) is 1.90. The fourth-order valence-electron chi connectivity index (χ4n) is 1.00. The van der Waals surface area contributed by atoms with Crippen LogP contribution in [0.1, 0.15) is 25.2 Å². The first-order valence-corrected chi connectivity index (χ1v) is 4.34. The highest BCUT2D eigenvalue weighted by atomic mass is 16.1. The van der Waals surface area contributed by atoms with Gasteiger partial charge in [-0.2, -0.15) is 5.10 Å². The molecular formula is C9H15N3O. The number of aromatic amines is 1. The molecule has 0 bridgehead atoms. The van der Waals surface area contributed by atoms with E-state index in [0.717, 1.165) is 17.1 Å². The number of aromatic nitrogens is 2. The summed E-state index contributed by atoms with van der Waals surface area (Å²) in [6.45, 7) is 7.47. The van der Waals surface area contributed by atoms with Crippen LogP contribution in [0.2, 0.25) is 0 Å². The Bertz CT molecular complexity index is 295. The third kappa shape index (κ3) is 2.08. The summed E-state index contributed by atoms with van der Waals surface area (Å²) < 4.78 is 0. The minimum atomic E-state index is -0.00583. The molecule has 4 nitrogen and oxygen atoms in total. The van der Waals surface area contributed by atoms with Crippen molar-refractivity contribution in [3.05, 3.63) is 11.4 Å². The van der Waals surface area contributed by atoms with Crippen molar-refractivity contribution in [1.82, 2.24) is 10.2 Å². The Morgan fingerprint density at radius 1 is 1.46 bits per heavy atom. The normalized spacial score (nSPS) is 10.5. The average molecular weight is 181 g/mol. The number of H-pyrrole nitrogens is 1. The van der Waals surface area contributed by atoms with Gasteiger partial charge in [-0.25, -0.2) is 0 Å². The zero-order valence-electron chi connectivity index (χ0n) is 8.43. The molecule has 2 N–H and O–H groups in total. The topological polar surface area (TPSA) is 57.8 Å². The van der Waals surface area contributed by atoms with Gasteiger partial charge < -0.3 is 5.32 Å². The molecule has 0 spiro atoms. The zero-order chi connectivity index (χ0) is 10.0. The lowest BCUT2D eigenvalue weighted by atomic mass is 10.2. The predicted octanol–water partition coefficient (Wildman–Crippen LogP) is 1.62. The molecule has 13 heavy (non-hydrogen) atoms. The van der Waals surface area contributed by atoms with Crippen molar-refractivity contribution in [2.45, 2.75) is 27.7 Å². The van der Waals surface area contributed by atoms with Crippen molar-refractivity contribution in [3.63, 3.8) is 0 Å². The van der Waals surface area contributed by atoms with Crippen LogP contribution >= 0.6 is 0 Å². The van der Waals surface area contributed by atoms with Crippen molar-refractivity contribution in [1.29, 1.82) is 0 Å². The molecule has 0 aliphatic rings. The van der Waals surface area contributed by atoms with Gasteiger partial charge in [-0.3, -0.25) is 9.89 Å². The predicted molar refractivity (Wildman–Crippen MR) is 51.5 cm³/mol. The summed E-state index contributed by atoms with van der Waals surface area (Å²) in [6.07, 6.45) is 0. The number of carbonyl (C=O) groups is 1. The maximum absolute atomic E-state index is 11.4. The van der Waals surface area contributed by atoms with E-state index in [-0.39, 0.29) is 11.8 Å². The van der Waals surface area contributed by atoms with Crippen molar-refractivity contribution in [2.75, 3.05) is 5.32 Å². The highest BCUT2D eigenvalue weighted by Crippen LogP contribution is 2.16. The first kappa shape index (κ1) is 9.77. The number of aryl methyl sites for hydroxylation is 2. The summed E-state index contributed by atoms with van der Waals surface area (Å²) in [5, 5.41) is 9.63. The van der Waals surface area contributed by atoms with E-state index in [1.807, 2.05) is 27.7 Å². The van der Waals surface area contributed by atoms with Crippen LogP contribution in [0.4, 0.5) is 5.69 Å². The maximum Gasteiger partial charge on any atom is 0.227 e. The van der Waals surface area contributed by atoms with Crippen molar-refractivity contribution < 1.29 is 4.79 Å². The smallest absolute Gasteiger partial charge is 0.227 e. The molecule has 1 heterocycles. The van der Waals surface area contributed by atoms with Gasteiger partial charge in [0, 0.05) is 5.92 Å². The fourth-order valence-corrected chi connectivity index (χ4v) is 1.00. The van der Waals surface area contributed by atoms with Crippen LogP contribution in [0.25, 0.3) is 0 Å². The van der Waals surface area contributed by atoms with E-state index in [1.54, 1.807) is 0 Å². The number of nitrogens with zero attached hydrogens (tertiary/aromatic N) is 1. The van der Waals surface area contributed by atoms with Crippen LogP contribution in [-0.4, -0.2) is 16.1 Å². The van der Waals surface area contributed by atoms with E-state index in [4.69, 9.17) is 0 Å². The Labute approximate surface area is 77.7 Å². The molecule has 1 aromatic heterocycles. The first-order valence-electron chi connectivity index (χ1n) is 4.34. The second-order valence-corrected chi connectivity index (χ2v) is 3.45. The molecular weight excluding hydrogens is 166 g/mol. The zero-order valence-corrected chi connectivity index (χ0v) is 8.43. The highest BCUT2D eigenvalue weighted by Gasteiger charge is 2.12. The van der Waals surface area contributed by atoms with E-state index in [1.165, 1.54) is 0 Å². The van der Waals surface area contributed by atoms with Crippen molar-refractivity contribution in [3.8, 4) is 0 Å². The molecule has 0 saturated carbocycles. The standard InChI is InChI=1S/C9H15N3O/c1-5(2)9(13)10-8-6(3)11-12-7(8)4/h5H,1-4H3,(H,10,13)(H,11,12). The summed E-state index contributed by atoms with van der Waals surface area (Å²) in [7, 11) is 0. The second kappa shape index (κ2) is 3.60. The molecule has 0 aliphatic carbocycles. The second-order valence-electron chi connectivity index (χ2n) is 3.45. The summed E-state index contributed by atoms with van der Waals surface area (Å²) in [5.74, 6) is 0.0151. The summed E-state index contributed by atoms with van der Waals surface area (Å²) in [6, 6.07) is 0. The van der Waals surface area contributed by atoms with Crippen LogP contribution in [-0.2, 0) is 4.79 Å². The highest BCUT2D eigenvalue weighted by molar-refractivity contribution is 5.93. The van der Waals surface area contributed by atoms with E-state index in [0.29, 0.717) is 0 Å². The molecule has 0 saturated heterocycles. The summed E-state index contributed by atoms with van der Waals surface area (Å²) in [4.78, 5) is 11.4. The van der Waals surface area contributed by atoms with Crippen molar-refractivity contribution in [2.24, 2.45) is 5.92 Å². The molecule has 1 rings (SSSR count). The van der Waals surface area contributed by atoms with Gasteiger partial charge in [0.25, 0.3) is 0 Å². The SMILES string of the molecule is Cc1n[nH]c(C)c1NC(=O)C(C)C. The van der Waals surface area contributed by atoms with Gasteiger partial charge in [-0.15, -0.1) is 0 Å². The van der Waals surface area contributed by atoms with E-state index < -0.39 is 0 Å². The number of amides is 1. The number of hydrogen-bond donors (Lipinski definition) is 2. The lowest BCUT2D eigenvalue weighted by molar-refractivity contribution is -0.118. The van der Waals surface area contributed by atoms with Gasteiger partial charge >= 0.3 is 0 Å². The third-order valence-corrected chi connectivity index (χ3v) is 1.90. The molecule has 4 heteroatoms. The lowest BCUT2D eigenvalue weighted by Crippen LogP contribution is -2.18. The molecule has 0 aromatic carbocycles. The van der Waals surface area contributed by atoms with Crippen LogP contribution in [0.15, 0.2) is 0 Å². The quantitative estimate of drug-likeness (QED) is 0.728.